The van der Waals surface area contributed by atoms with Crippen molar-refractivity contribution in [2.24, 2.45) is 0 Å². The summed E-state index contributed by atoms with van der Waals surface area (Å²) in [6.07, 6.45) is 4.01. The first kappa shape index (κ1) is 22.0. The molecule has 0 saturated carbocycles. The molecule has 6 nitrogen and oxygen atoms in total. The van der Waals surface area contributed by atoms with E-state index >= 15 is 0 Å². The van der Waals surface area contributed by atoms with Crippen LogP contribution < -0.4 is 5.63 Å². The normalized spacial score (nSPS) is 18.2. The molecule has 0 spiro atoms. The van der Waals surface area contributed by atoms with Crippen LogP contribution in [0, 0.1) is 41.1 Å². The van der Waals surface area contributed by atoms with E-state index in [1.165, 1.54) is 0 Å². The molecule has 4 rings (SSSR count). The molecule has 0 aliphatic carbocycles. The van der Waals surface area contributed by atoms with Gasteiger partial charge in [0.1, 0.15) is 17.3 Å². The summed E-state index contributed by atoms with van der Waals surface area (Å²) in [7, 11) is 0. The molecule has 0 bridgehead atoms. The minimum Gasteiger partial charge on any atom is -0.492 e. The van der Waals surface area contributed by atoms with Crippen LogP contribution in [-0.4, -0.2) is 11.4 Å². The minimum absolute atomic E-state index is 0.0394. The van der Waals surface area contributed by atoms with Gasteiger partial charge in [-0.2, -0.15) is 17.0 Å². The van der Waals surface area contributed by atoms with Crippen molar-refractivity contribution in [1.29, 1.82) is 10.5 Å². The molecular formula is C26H17N3O3S. The van der Waals surface area contributed by atoms with Crippen molar-refractivity contribution in [3.8, 4) is 24.0 Å². The third-order valence-electron chi connectivity index (χ3n) is 5.31. The van der Waals surface area contributed by atoms with Gasteiger partial charge in [0.2, 0.25) is 0 Å². The molecule has 2 aromatic rings. The van der Waals surface area contributed by atoms with Gasteiger partial charge in [0.15, 0.2) is 5.76 Å². The lowest BCUT2D eigenvalue weighted by Crippen LogP contribution is -2.20. The van der Waals surface area contributed by atoms with Crippen LogP contribution in [-0.2, 0) is 10.5 Å². The molecule has 0 unspecified atom stereocenters. The monoisotopic (exact) mass is 451 g/mol. The topological polar surface area (TPSA) is 91.4 Å². The van der Waals surface area contributed by atoms with Gasteiger partial charge in [-0.1, -0.05) is 17.9 Å². The second-order valence-corrected chi connectivity index (χ2v) is 8.99. The zero-order valence-corrected chi connectivity index (χ0v) is 18.8. The van der Waals surface area contributed by atoms with Crippen LogP contribution in [0.4, 0.5) is 0 Å². The fourth-order valence-corrected chi connectivity index (χ4v) is 4.54. The predicted octanol–water partition coefficient (Wildman–Crippen LogP) is 5.08. The molecule has 2 aliphatic rings. The average Bonchev–Trinajstić information content (AvgIpc) is 3.03. The highest BCUT2D eigenvalue weighted by molar-refractivity contribution is 7.98. The van der Waals surface area contributed by atoms with Gasteiger partial charge in [0, 0.05) is 34.4 Å². The summed E-state index contributed by atoms with van der Waals surface area (Å²) < 4.78 is 11.3. The molecule has 3 heterocycles. The lowest BCUT2D eigenvalue weighted by atomic mass is 9.94. The molecule has 160 valence electrons. The van der Waals surface area contributed by atoms with E-state index in [1.54, 1.807) is 38.1 Å². The largest absolute Gasteiger partial charge is 0.492 e. The summed E-state index contributed by atoms with van der Waals surface area (Å²) in [4.78, 5) is 15.8. The first-order chi connectivity index (χ1) is 15.9. The van der Waals surface area contributed by atoms with Crippen LogP contribution in [0.3, 0.4) is 0 Å². The van der Waals surface area contributed by atoms with E-state index < -0.39 is 11.2 Å². The number of fused-ring (bicyclic) bond motifs is 2. The molecule has 2 aliphatic heterocycles. The Morgan fingerprint density at radius 2 is 2.12 bits per heavy atom. The third kappa shape index (κ3) is 4.16. The maximum absolute atomic E-state index is 12.6. The standard InChI is InChI=1S/C26H17N3O3S/c1-26(2)21(20(13-27)24(32-26)22(14-28)29-3)8-7-17-10-18-11-19-15-33-9-5-4-6-16(19)12-23(18)31-25(17)30/h7-8,10-12H,5,9,15H2,1-2H3/b8-7+,24-22-. The number of benzene rings is 1. The average molecular weight is 452 g/mol. The molecule has 0 saturated heterocycles. The van der Waals surface area contributed by atoms with Crippen LogP contribution in [0.1, 0.15) is 37.0 Å². The molecule has 33 heavy (non-hydrogen) atoms. The molecule has 1 aromatic heterocycles. The Kier molecular flexibility index (Phi) is 5.85. The van der Waals surface area contributed by atoms with Gasteiger partial charge in [-0.25, -0.2) is 14.9 Å². The summed E-state index contributed by atoms with van der Waals surface area (Å²) in [6.45, 7) is 10.6. The van der Waals surface area contributed by atoms with Crippen molar-refractivity contribution >= 4 is 28.8 Å². The Hall–Kier alpha value is -4.17. The van der Waals surface area contributed by atoms with Gasteiger partial charge < -0.3 is 9.15 Å². The SMILES string of the molecule is [C-]#[N+]/C(C#N)=C1\OC(C)(C)C(/C=C/c2cc3cc4c(cc3oc2=O)C#CCCSC4)=C1C#N. The zero-order valence-electron chi connectivity index (χ0n) is 18.0. The predicted molar refractivity (Wildman–Crippen MR) is 126 cm³/mol. The second-order valence-electron chi connectivity index (χ2n) is 7.89. The highest BCUT2D eigenvalue weighted by atomic mass is 32.2. The first-order valence-electron chi connectivity index (χ1n) is 10.1. The Labute approximate surface area is 195 Å². The number of nitrogens with zero attached hydrogens (tertiary/aromatic N) is 3. The molecule has 0 radical (unpaired) electrons. The molecule has 0 atom stereocenters. The van der Waals surface area contributed by atoms with Gasteiger partial charge in [-0.3, -0.25) is 0 Å². The summed E-state index contributed by atoms with van der Waals surface area (Å²) in [6, 6.07) is 9.36. The van der Waals surface area contributed by atoms with Crippen LogP contribution in [0.5, 0.6) is 0 Å². The lowest BCUT2D eigenvalue weighted by Gasteiger charge is -2.20. The van der Waals surface area contributed by atoms with Crippen molar-refractivity contribution in [3.05, 3.63) is 85.4 Å². The van der Waals surface area contributed by atoms with Gasteiger partial charge in [-0.15, -0.1) is 0 Å². The van der Waals surface area contributed by atoms with E-state index in [0.29, 0.717) is 16.7 Å². The van der Waals surface area contributed by atoms with Crippen molar-refractivity contribution < 1.29 is 9.15 Å². The lowest BCUT2D eigenvalue weighted by molar-refractivity contribution is 0.0953. The van der Waals surface area contributed by atoms with Crippen molar-refractivity contribution in [2.45, 2.75) is 31.6 Å². The van der Waals surface area contributed by atoms with Gasteiger partial charge in [-0.05, 0) is 43.7 Å². The fourth-order valence-electron chi connectivity index (χ4n) is 3.69. The van der Waals surface area contributed by atoms with Crippen LogP contribution in [0.2, 0.25) is 0 Å². The summed E-state index contributed by atoms with van der Waals surface area (Å²) in [5, 5.41) is 19.7. The molecule has 0 amide bonds. The summed E-state index contributed by atoms with van der Waals surface area (Å²) in [5.74, 6) is 8.07. The van der Waals surface area contributed by atoms with E-state index in [9.17, 15) is 15.3 Å². The van der Waals surface area contributed by atoms with Crippen molar-refractivity contribution in [2.75, 3.05) is 5.75 Å². The Balaban J connectivity index is 1.81. The molecule has 0 N–H and O–H groups in total. The van der Waals surface area contributed by atoms with E-state index in [4.69, 9.17) is 15.7 Å². The number of nitriles is 2. The van der Waals surface area contributed by atoms with Crippen molar-refractivity contribution in [1.82, 2.24) is 0 Å². The molecular weight excluding hydrogens is 434 g/mol. The van der Waals surface area contributed by atoms with Crippen molar-refractivity contribution in [3.63, 3.8) is 0 Å². The van der Waals surface area contributed by atoms with E-state index in [0.717, 1.165) is 34.4 Å². The number of allylic oxidation sites excluding steroid dienone is 2. The summed E-state index contributed by atoms with van der Waals surface area (Å²) in [5.41, 5.74) is 1.58. The number of hydrogen-bond donors (Lipinski definition) is 0. The highest BCUT2D eigenvalue weighted by Gasteiger charge is 2.38. The number of hydrogen-bond acceptors (Lipinski definition) is 6. The minimum atomic E-state index is -0.952. The second kappa shape index (κ2) is 8.76. The van der Waals surface area contributed by atoms with Crippen LogP contribution >= 0.6 is 11.8 Å². The number of ether oxygens (including phenoxy) is 1. The maximum Gasteiger partial charge on any atom is 0.343 e. The quantitative estimate of drug-likeness (QED) is 0.274. The smallest absolute Gasteiger partial charge is 0.343 e. The van der Waals surface area contributed by atoms with Gasteiger partial charge in [0.05, 0.1) is 23.8 Å². The van der Waals surface area contributed by atoms with E-state index in [2.05, 4.69) is 16.7 Å². The third-order valence-corrected chi connectivity index (χ3v) is 6.32. The van der Waals surface area contributed by atoms with Gasteiger partial charge >= 0.3 is 11.3 Å². The summed E-state index contributed by atoms with van der Waals surface area (Å²) >= 11 is 1.82. The molecule has 0 fully saturated rings. The Morgan fingerprint density at radius 1 is 1.30 bits per heavy atom. The number of thioether (sulfide) groups is 1. The van der Waals surface area contributed by atoms with Crippen LogP contribution in [0.15, 0.2) is 56.1 Å². The van der Waals surface area contributed by atoms with Crippen LogP contribution in [0.25, 0.3) is 21.9 Å². The van der Waals surface area contributed by atoms with E-state index in [1.807, 2.05) is 30.0 Å². The first-order valence-corrected chi connectivity index (χ1v) is 11.2. The molecule has 1 aromatic carbocycles. The fraction of sp³-hybridized carbons (Fsp3) is 0.231. The Morgan fingerprint density at radius 3 is 2.85 bits per heavy atom. The maximum atomic E-state index is 12.6. The van der Waals surface area contributed by atoms with E-state index in [-0.39, 0.29) is 17.0 Å². The zero-order chi connectivity index (χ0) is 23.6. The Bertz CT molecular complexity index is 1510. The number of rotatable bonds is 2. The molecule has 7 heteroatoms. The van der Waals surface area contributed by atoms with Gasteiger partial charge in [0.25, 0.3) is 0 Å². The highest BCUT2D eigenvalue weighted by Crippen LogP contribution is 2.40.